The Morgan fingerprint density at radius 3 is 2.00 bits per heavy atom. The maximum absolute atomic E-state index is 12.5. The van der Waals surface area contributed by atoms with Gasteiger partial charge in [-0.2, -0.15) is 0 Å². The van der Waals surface area contributed by atoms with Crippen LogP contribution < -0.4 is 5.32 Å². The maximum Gasteiger partial charge on any atom is 0.407 e. The van der Waals surface area contributed by atoms with E-state index in [2.05, 4.69) is 5.32 Å². The first-order chi connectivity index (χ1) is 11.3. The summed E-state index contributed by atoms with van der Waals surface area (Å²) in [6, 6.07) is 0.145. The molecule has 0 aliphatic carbocycles. The number of carbonyl (C=O) groups excluding carboxylic acids is 2. The molecule has 0 radical (unpaired) electrons. The summed E-state index contributed by atoms with van der Waals surface area (Å²) in [5.74, 6) is 0.331. The van der Waals surface area contributed by atoms with Crippen LogP contribution in [0.15, 0.2) is 0 Å². The van der Waals surface area contributed by atoms with Crippen molar-refractivity contribution in [3.8, 4) is 0 Å². The Morgan fingerprint density at radius 1 is 1.04 bits per heavy atom. The van der Waals surface area contributed by atoms with Crippen LogP contribution in [0, 0.1) is 5.92 Å². The number of rotatable bonds is 2. The summed E-state index contributed by atoms with van der Waals surface area (Å²) in [6.07, 6.45) is 2.85. The minimum absolute atomic E-state index is 0.0593. The van der Waals surface area contributed by atoms with Gasteiger partial charge in [0, 0.05) is 38.8 Å². The summed E-state index contributed by atoms with van der Waals surface area (Å²) in [5.41, 5.74) is -0.499. The molecule has 2 saturated heterocycles. The van der Waals surface area contributed by atoms with Crippen molar-refractivity contribution in [2.75, 3.05) is 32.8 Å². The Labute approximate surface area is 144 Å². The Bertz CT molecular complexity index is 434. The molecule has 2 aliphatic rings. The van der Waals surface area contributed by atoms with E-state index in [4.69, 9.17) is 4.74 Å². The molecule has 2 aliphatic heterocycles. The molecule has 0 aromatic heterocycles. The molecular formula is C17H31N3O4. The van der Waals surface area contributed by atoms with Crippen LogP contribution in [0.2, 0.25) is 0 Å². The Morgan fingerprint density at radius 2 is 1.54 bits per heavy atom. The van der Waals surface area contributed by atoms with Crippen molar-refractivity contribution in [1.29, 1.82) is 0 Å². The number of piperidine rings is 2. The zero-order valence-corrected chi connectivity index (χ0v) is 15.1. The van der Waals surface area contributed by atoms with Crippen LogP contribution >= 0.6 is 0 Å². The van der Waals surface area contributed by atoms with Gasteiger partial charge in [-0.1, -0.05) is 0 Å². The largest absolute Gasteiger partial charge is 0.444 e. The number of carbonyl (C=O) groups is 2. The third-order valence-electron chi connectivity index (χ3n) is 4.63. The van der Waals surface area contributed by atoms with E-state index in [1.165, 1.54) is 0 Å². The SMILES string of the molecule is CC(C)(C)OC(=O)NC1CCN(C(=O)N2CCC(CO)CC2)CC1. The fraction of sp³-hybridized carbons (Fsp3) is 0.882. The smallest absolute Gasteiger partial charge is 0.407 e. The highest BCUT2D eigenvalue weighted by Crippen LogP contribution is 2.20. The minimum atomic E-state index is -0.499. The fourth-order valence-corrected chi connectivity index (χ4v) is 3.20. The quantitative estimate of drug-likeness (QED) is 0.802. The van der Waals surface area contributed by atoms with Gasteiger partial charge < -0.3 is 25.0 Å². The molecule has 2 N–H and O–H groups in total. The lowest BCUT2D eigenvalue weighted by atomic mass is 9.98. The lowest BCUT2D eigenvalue weighted by molar-refractivity contribution is 0.0480. The second-order valence-corrected chi connectivity index (χ2v) is 7.80. The van der Waals surface area contributed by atoms with E-state index in [9.17, 15) is 14.7 Å². The van der Waals surface area contributed by atoms with Crippen LogP contribution in [0.3, 0.4) is 0 Å². The number of hydrogen-bond acceptors (Lipinski definition) is 4. The number of hydrogen-bond donors (Lipinski definition) is 2. The molecule has 0 unspecified atom stereocenters. The zero-order valence-electron chi connectivity index (χ0n) is 15.1. The van der Waals surface area contributed by atoms with E-state index in [1.54, 1.807) is 0 Å². The predicted octanol–water partition coefficient (Wildman–Crippen LogP) is 1.80. The third-order valence-corrected chi connectivity index (χ3v) is 4.63. The molecule has 0 aromatic carbocycles. The molecule has 24 heavy (non-hydrogen) atoms. The topological polar surface area (TPSA) is 82.1 Å². The van der Waals surface area contributed by atoms with Crippen LogP contribution in [0.4, 0.5) is 9.59 Å². The predicted molar refractivity (Wildman–Crippen MR) is 90.7 cm³/mol. The molecular weight excluding hydrogens is 310 g/mol. The number of amides is 3. The number of alkyl carbamates (subject to hydrolysis) is 1. The summed E-state index contributed by atoms with van der Waals surface area (Å²) in [6.45, 7) is 8.48. The number of urea groups is 1. The molecule has 0 spiro atoms. The molecule has 0 aromatic rings. The van der Waals surface area contributed by atoms with Gasteiger partial charge in [0.05, 0.1) is 0 Å². The summed E-state index contributed by atoms with van der Waals surface area (Å²) in [4.78, 5) is 28.1. The van der Waals surface area contributed by atoms with Crippen LogP contribution in [0.1, 0.15) is 46.5 Å². The maximum atomic E-state index is 12.5. The van der Waals surface area contributed by atoms with Crippen molar-refractivity contribution in [1.82, 2.24) is 15.1 Å². The Kier molecular flexibility index (Phi) is 6.32. The number of aliphatic hydroxyl groups is 1. The van der Waals surface area contributed by atoms with Gasteiger partial charge in [0.2, 0.25) is 0 Å². The molecule has 3 amide bonds. The number of likely N-dealkylation sites (tertiary alicyclic amines) is 2. The van der Waals surface area contributed by atoms with Gasteiger partial charge in [-0.25, -0.2) is 9.59 Å². The average Bonchev–Trinajstić information content (AvgIpc) is 2.53. The highest BCUT2D eigenvalue weighted by atomic mass is 16.6. The monoisotopic (exact) mass is 341 g/mol. The molecule has 7 nitrogen and oxygen atoms in total. The van der Waals surface area contributed by atoms with Crippen molar-refractivity contribution in [2.24, 2.45) is 5.92 Å². The molecule has 0 bridgehead atoms. The summed E-state index contributed by atoms with van der Waals surface area (Å²) in [5, 5.41) is 12.1. The van der Waals surface area contributed by atoms with Crippen molar-refractivity contribution in [3.05, 3.63) is 0 Å². The Hall–Kier alpha value is -1.50. The van der Waals surface area contributed by atoms with Gasteiger partial charge in [0.25, 0.3) is 0 Å². The second-order valence-electron chi connectivity index (χ2n) is 7.80. The molecule has 2 fully saturated rings. The lowest BCUT2D eigenvalue weighted by Gasteiger charge is -2.38. The summed E-state index contributed by atoms with van der Waals surface area (Å²) in [7, 11) is 0. The summed E-state index contributed by atoms with van der Waals surface area (Å²) >= 11 is 0. The number of aliphatic hydroxyl groups excluding tert-OH is 1. The first-order valence-electron chi connectivity index (χ1n) is 8.92. The van der Waals surface area contributed by atoms with E-state index in [-0.39, 0.29) is 18.7 Å². The first-order valence-corrected chi connectivity index (χ1v) is 8.92. The first kappa shape index (κ1) is 18.8. The van der Waals surface area contributed by atoms with Gasteiger partial charge in [0.15, 0.2) is 0 Å². The highest BCUT2D eigenvalue weighted by molar-refractivity contribution is 5.74. The van der Waals surface area contributed by atoms with Gasteiger partial charge in [-0.15, -0.1) is 0 Å². The third kappa shape index (κ3) is 5.54. The van der Waals surface area contributed by atoms with Gasteiger partial charge in [0.1, 0.15) is 5.60 Å². The van der Waals surface area contributed by atoms with Crippen LogP contribution in [-0.4, -0.2) is 71.5 Å². The zero-order chi connectivity index (χ0) is 17.7. The molecule has 138 valence electrons. The van der Waals surface area contributed by atoms with Gasteiger partial charge in [-0.05, 0) is 52.4 Å². The summed E-state index contributed by atoms with van der Waals surface area (Å²) < 4.78 is 5.27. The van der Waals surface area contributed by atoms with Crippen molar-refractivity contribution in [3.63, 3.8) is 0 Å². The van der Waals surface area contributed by atoms with Crippen LogP contribution in [-0.2, 0) is 4.74 Å². The van der Waals surface area contributed by atoms with Crippen molar-refractivity contribution in [2.45, 2.75) is 58.1 Å². The van der Waals surface area contributed by atoms with E-state index in [0.717, 1.165) is 38.8 Å². The normalized spacial score (nSPS) is 20.8. The molecule has 0 atom stereocenters. The van der Waals surface area contributed by atoms with E-state index >= 15 is 0 Å². The minimum Gasteiger partial charge on any atom is -0.444 e. The number of nitrogens with one attached hydrogen (secondary N) is 1. The second kappa shape index (κ2) is 8.05. The molecule has 2 heterocycles. The lowest BCUT2D eigenvalue weighted by Crippen LogP contribution is -2.52. The average molecular weight is 341 g/mol. The van der Waals surface area contributed by atoms with E-state index in [1.807, 2.05) is 30.6 Å². The molecule has 2 rings (SSSR count). The van der Waals surface area contributed by atoms with Crippen LogP contribution in [0.5, 0.6) is 0 Å². The van der Waals surface area contributed by atoms with Crippen LogP contribution in [0.25, 0.3) is 0 Å². The standard InChI is InChI=1S/C17H31N3O4/c1-17(2,3)24-15(22)18-14-6-10-20(11-7-14)16(23)19-8-4-13(12-21)5-9-19/h13-14,21H,4-12H2,1-3H3,(H,18,22). The number of ether oxygens (including phenoxy) is 1. The fourth-order valence-electron chi connectivity index (χ4n) is 3.20. The van der Waals surface area contributed by atoms with E-state index < -0.39 is 11.7 Å². The number of nitrogens with zero attached hydrogens (tertiary/aromatic N) is 2. The van der Waals surface area contributed by atoms with Crippen molar-refractivity contribution < 1.29 is 19.4 Å². The Balaban J connectivity index is 1.72. The van der Waals surface area contributed by atoms with Gasteiger partial charge >= 0.3 is 12.1 Å². The van der Waals surface area contributed by atoms with E-state index in [0.29, 0.717) is 19.0 Å². The molecule has 7 heteroatoms. The highest BCUT2D eigenvalue weighted by Gasteiger charge is 2.30. The van der Waals surface area contributed by atoms with Crippen molar-refractivity contribution >= 4 is 12.1 Å². The van der Waals surface area contributed by atoms with Gasteiger partial charge in [-0.3, -0.25) is 0 Å². The molecule has 0 saturated carbocycles.